The molecule has 0 saturated carbocycles. The highest BCUT2D eigenvalue weighted by atomic mass is 14.7. The van der Waals surface area contributed by atoms with Gasteiger partial charge in [-0.3, -0.25) is 0 Å². The second-order valence-electron chi connectivity index (χ2n) is 3.84. The highest BCUT2D eigenvalue weighted by molar-refractivity contribution is 5.57. The van der Waals surface area contributed by atoms with Gasteiger partial charge in [0, 0.05) is 0 Å². The Balaban J connectivity index is 2.33. The van der Waals surface area contributed by atoms with Crippen molar-refractivity contribution in [3.63, 3.8) is 0 Å². The molecule has 0 fully saturated rings. The fourth-order valence-corrected chi connectivity index (χ4v) is 1.85. The fraction of sp³-hybridized carbons (Fsp3) is 0.556. The third-order valence-corrected chi connectivity index (χ3v) is 2.53. The van der Waals surface area contributed by atoms with Crippen LogP contribution in [0.1, 0.15) is 20.3 Å². The van der Waals surface area contributed by atoms with Gasteiger partial charge in [0.2, 0.25) is 0 Å². The third-order valence-electron chi connectivity index (χ3n) is 2.53. The van der Waals surface area contributed by atoms with Crippen LogP contribution in [-0.2, 0) is 0 Å². The van der Waals surface area contributed by atoms with Crippen LogP contribution in [0.15, 0.2) is 23.3 Å². The van der Waals surface area contributed by atoms with Crippen LogP contribution >= 0.6 is 0 Å². The van der Waals surface area contributed by atoms with E-state index >= 15 is 0 Å². The summed E-state index contributed by atoms with van der Waals surface area (Å²) in [5.41, 5.74) is 9.04. The topological polar surface area (TPSA) is 26.0 Å². The molecule has 1 heteroatoms. The first-order valence-corrected chi connectivity index (χ1v) is 3.79. The Hall–Kier alpha value is -0.560. The van der Waals surface area contributed by atoms with Gasteiger partial charge in [-0.1, -0.05) is 26.0 Å². The highest BCUT2D eigenvalue weighted by Gasteiger charge is 2.42. The molecule has 0 amide bonds. The second-order valence-corrected chi connectivity index (χ2v) is 3.84. The van der Waals surface area contributed by atoms with E-state index in [0.29, 0.717) is 11.5 Å². The monoisotopic (exact) mass is 135 g/mol. The lowest BCUT2D eigenvalue weighted by Crippen LogP contribution is -2.15. The molecule has 2 N–H and O–H groups in total. The zero-order valence-corrected chi connectivity index (χ0v) is 6.52. The van der Waals surface area contributed by atoms with E-state index in [1.54, 1.807) is 0 Å². The molecular formula is C9H13N. The average molecular weight is 135 g/mol. The summed E-state index contributed by atoms with van der Waals surface area (Å²) in [7, 11) is 0. The minimum absolute atomic E-state index is 0.300. The van der Waals surface area contributed by atoms with E-state index in [9.17, 15) is 0 Å². The maximum atomic E-state index is 5.82. The Labute approximate surface area is 61.6 Å². The van der Waals surface area contributed by atoms with Crippen molar-refractivity contribution in [2.24, 2.45) is 11.1 Å². The molecule has 0 aromatic carbocycles. The van der Waals surface area contributed by atoms with Crippen LogP contribution in [0.25, 0.3) is 0 Å². The van der Waals surface area contributed by atoms with Gasteiger partial charge in [-0.25, -0.2) is 0 Å². The summed E-state index contributed by atoms with van der Waals surface area (Å²) >= 11 is 0. The van der Waals surface area contributed by atoms with Gasteiger partial charge >= 0.3 is 0 Å². The van der Waals surface area contributed by atoms with Gasteiger partial charge in [0.1, 0.15) is 0 Å². The lowest BCUT2D eigenvalue weighted by molar-refractivity contribution is 0.459. The van der Waals surface area contributed by atoms with Crippen molar-refractivity contribution in [3.05, 3.63) is 23.3 Å². The SMILES string of the molecule is CC1(C)CC=CC2=C1[C@H]2N. The molecule has 1 atom stereocenters. The Morgan fingerprint density at radius 2 is 2.30 bits per heavy atom. The number of rotatable bonds is 0. The molecule has 2 rings (SSSR count). The summed E-state index contributed by atoms with van der Waals surface area (Å²) in [4.78, 5) is 0. The zero-order valence-electron chi connectivity index (χ0n) is 6.52. The fourth-order valence-electron chi connectivity index (χ4n) is 1.85. The summed E-state index contributed by atoms with van der Waals surface area (Å²) in [6.45, 7) is 4.53. The molecule has 54 valence electrons. The lowest BCUT2D eigenvalue weighted by atomic mass is 9.84. The van der Waals surface area contributed by atoms with Crippen molar-refractivity contribution in [2.45, 2.75) is 26.3 Å². The lowest BCUT2D eigenvalue weighted by Gasteiger charge is -2.20. The van der Waals surface area contributed by atoms with Crippen molar-refractivity contribution < 1.29 is 0 Å². The van der Waals surface area contributed by atoms with Crippen molar-refractivity contribution >= 4 is 0 Å². The van der Waals surface area contributed by atoms with Crippen LogP contribution in [0.2, 0.25) is 0 Å². The average Bonchev–Trinajstić information content (AvgIpc) is 2.43. The van der Waals surface area contributed by atoms with Gasteiger partial charge in [0.05, 0.1) is 6.04 Å². The smallest absolute Gasteiger partial charge is 0.0523 e. The van der Waals surface area contributed by atoms with Gasteiger partial charge in [-0.05, 0) is 23.0 Å². The van der Waals surface area contributed by atoms with E-state index < -0.39 is 0 Å². The number of nitrogens with two attached hydrogens (primary N) is 1. The van der Waals surface area contributed by atoms with E-state index in [-0.39, 0.29) is 0 Å². The van der Waals surface area contributed by atoms with Crippen LogP contribution in [-0.4, -0.2) is 6.04 Å². The summed E-state index contributed by atoms with van der Waals surface area (Å²) < 4.78 is 0. The molecular weight excluding hydrogens is 122 g/mol. The van der Waals surface area contributed by atoms with E-state index in [1.807, 2.05) is 0 Å². The van der Waals surface area contributed by atoms with E-state index in [4.69, 9.17) is 5.73 Å². The van der Waals surface area contributed by atoms with Crippen LogP contribution < -0.4 is 5.73 Å². The Bertz CT molecular complexity index is 233. The molecule has 1 nitrogen and oxygen atoms in total. The zero-order chi connectivity index (χ0) is 7.35. The maximum Gasteiger partial charge on any atom is 0.0523 e. The van der Waals surface area contributed by atoms with Gasteiger partial charge in [0.25, 0.3) is 0 Å². The molecule has 10 heavy (non-hydrogen) atoms. The van der Waals surface area contributed by atoms with Crippen LogP contribution in [0.3, 0.4) is 0 Å². The standard InChI is InChI=1S/C9H13N/c1-9(2)5-3-4-6-7(9)8(6)10/h3-4,8H,5,10H2,1-2H3/t8-/m0/s1. The van der Waals surface area contributed by atoms with E-state index in [1.165, 1.54) is 11.1 Å². The molecule has 0 aromatic heterocycles. The van der Waals surface area contributed by atoms with Gasteiger partial charge < -0.3 is 5.73 Å². The summed E-state index contributed by atoms with van der Waals surface area (Å²) in [5.74, 6) is 0. The normalized spacial score (nSPS) is 34.1. The minimum atomic E-state index is 0.300. The van der Waals surface area contributed by atoms with Gasteiger partial charge in [-0.2, -0.15) is 0 Å². The minimum Gasteiger partial charge on any atom is -0.321 e. The van der Waals surface area contributed by atoms with Crippen molar-refractivity contribution in [1.29, 1.82) is 0 Å². The second kappa shape index (κ2) is 1.54. The molecule has 2 aliphatic rings. The predicted molar refractivity (Wildman–Crippen MR) is 42.5 cm³/mol. The molecule has 2 aliphatic carbocycles. The van der Waals surface area contributed by atoms with Crippen LogP contribution in [0.5, 0.6) is 0 Å². The third kappa shape index (κ3) is 0.613. The van der Waals surface area contributed by atoms with E-state index in [2.05, 4.69) is 26.0 Å². The molecule has 0 spiro atoms. The first-order chi connectivity index (χ1) is 4.63. The molecule has 0 bridgehead atoms. The molecule has 0 heterocycles. The molecule has 0 radical (unpaired) electrons. The van der Waals surface area contributed by atoms with Crippen molar-refractivity contribution in [3.8, 4) is 0 Å². The molecule has 0 aliphatic heterocycles. The Kier molecular flexibility index (Phi) is 0.948. The Morgan fingerprint density at radius 3 is 2.80 bits per heavy atom. The number of hydrogen-bond acceptors (Lipinski definition) is 1. The number of hydrogen-bond donors (Lipinski definition) is 1. The first-order valence-electron chi connectivity index (χ1n) is 3.79. The molecule has 0 unspecified atom stereocenters. The largest absolute Gasteiger partial charge is 0.321 e. The molecule has 0 saturated heterocycles. The van der Waals surface area contributed by atoms with Gasteiger partial charge in [0.15, 0.2) is 0 Å². The predicted octanol–water partition coefficient (Wildman–Crippen LogP) is 1.61. The summed E-state index contributed by atoms with van der Waals surface area (Å²) in [5, 5.41) is 0. The van der Waals surface area contributed by atoms with Crippen LogP contribution in [0.4, 0.5) is 0 Å². The van der Waals surface area contributed by atoms with Crippen molar-refractivity contribution in [2.75, 3.05) is 0 Å². The summed E-state index contributed by atoms with van der Waals surface area (Å²) in [6, 6.07) is 0.300. The van der Waals surface area contributed by atoms with Crippen LogP contribution in [0, 0.1) is 5.41 Å². The Morgan fingerprint density at radius 1 is 1.60 bits per heavy atom. The van der Waals surface area contributed by atoms with Crippen molar-refractivity contribution in [1.82, 2.24) is 0 Å². The highest BCUT2D eigenvalue weighted by Crippen LogP contribution is 2.49. The maximum absolute atomic E-state index is 5.82. The number of allylic oxidation sites excluding steroid dienone is 1. The molecule has 0 aromatic rings. The quantitative estimate of drug-likeness (QED) is 0.536. The van der Waals surface area contributed by atoms with Gasteiger partial charge in [-0.15, -0.1) is 0 Å². The van der Waals surface area contributed by atoms with E-state index in [0.717, 1.165) is 6.42 Å². The summed E-state index contributed by atoms with van der Waals surface area (Å²) in [6.07, 6.45) is 5.55. The first kappa shape index (κ1) is 6.17.